The SMILES string of the molecule is O=C(NC1CCCCC1)c1nc(-c2ccccc2Cl)n(-c2ccc(OS(=O)(=O)CCC(F)(F)F)cc2)c1CO. The minimum Gasteiger partial charge on any atom is -0.390 e. The lowest BCUT2D eigenvalue weighted by Gasteiger charge is -2.22. The number of nitrogens with zero attached hydrogens (tertiary/aromatic N) is 2. The van der Waals surface area contributed by atoms with Gasteiger partial charge < -0.3 is 14.6 Å². The molecule has 1 aliphatic rings. The molecule has 1 saturated carbocycles. The second-order valence-corrected chi connectivity index (χ2v) is 11.3. The number of benzene rings is 2. The van der Waals surface area contributed by atoms with E-state index in [0.717, 1.165) is 32.1 Å². The first-order valence-electron chi connectivity index (χ1n) is 12.3. The van der Waals surface area contributed by atoms with Crippen LogP contribution in [0.5, 0.6) is 5.75 Å². The van der Waals surface area contributed by atoms with Gasteiger partial charge in [0.05, 0.1) is 29.5 Å². The molecule has 1 aromatic heterocycles. The van der Waals surface area contributed by atoms with E-state index in [4.69, 9.17) is 15.8 Å². The molecule has 13 heteroatoms. The van der Waals surface area contributed by atoms with E-state index in [1.807, 2.05) is 0 Å². The van der Waals surface area contributed by atoms with E-state index in [1.165, 1.54) is 28.8 Å². The van der Waals surface area contributed by atoms with Crippen LogP contribution in [0.25, 0.3) is 17.1 Å². The number of hydrogen-bond donors (Lipinski definition) is 2. The molecule has 2 aromatic carbocycles. The lowest BCUT2D eigenvalue weighted by Crippen LogP contribution is -2.36. The van der Waals surface area contributed by atoms with Gasteiger partial charge in [0.2, 0.25) is 0 Å². The first-order chi connectivity index (χ1) is 18.5. The van der Waals surface area contributed by atoms with Crippen molar-refractivity contribution in [3.63, 3.8) is 0 Å². The van der Waals surface area contributed by atoms with E-state index >= 15 is 0 Å². The molecular formula is C26H27ClF3N3O5S. The molecule has 1 heterocycles. The van der Waals surface area contributed by atoms with Gasteiger partial charge in [0.15, 0.2) is 5.69 Å². The molecular weight excluding hydrogens is 559 g/mol. The summed E-state index contributed by atoms with van der Waals surface area (Å²) < 4.78 is 67.7. The minimum atomic E-state index is -4.64. The van der Waals surface area contributed by atoms with Crippen LogP contribution in [-0.4, -0.2) is 47.0 Å². The third-order valence-corrected chi connectivity index (χ3v) is 7.83. The van der Waals surface area contributed by atoms with Crippen molar-refractivity contribution in [2.75, 3.05) is 5.75 Å². The molecule has 8 nitrogen and oxygen atoms in total. The van der Waals surface area contributed by atoms with E-state index in [-0.39, 0.29) is 29.0 Å². The predicted molar refractivity (Wildman–Crippen MR) is 139 cm³/mol. The van der Waals surface area contributed by atoms with Crippen LogP contribution in [0.15, 0.2) is 48.5 Å². The van der Waals surface area contributed by atoms with E-state index in [9.17, 15) is 31.5 Å². The van der Waals surface area contributed by atoms with Gasteiger partial charge in [-0.3, -0.25) is 9.36 Å². The number of carbonyl (C=O) groups excluding carboxylic acids is 1. The third kappa shape index (κ3) is 7.31. The molecule has 39 heavy (non-hydrogen) atoms. The van der Waals surface area contributed by atoms with E-state index in [2.05, 4.69) is 10.3 Å². The molecule has 0 atom stereocenters. The molecule has 0 saturated heterocycles. The Morgan fingerprint density at radius 2 is 1.77 bits per heavy atom. The number of aliphatic hydroxyl groups excluding tert-OH is 1. The number of hydrogen-bond acceptors (Lipinski definition) is 6. The highest BCUT2D eigenvalue weighted by molar-refractivity contribution is 7.87. The second kappa shape index (κ2) is 12.0. The van der Waals surface area contributed by atoms with Gasteiger partial charge in [0, 0.05) is 17.3 Å². The highest BCUT2D eigenvalue weighted by Crippen LogP contribution is 2.33. The topological polar surface area (TPSA) is 111 Å². The van der Waals surface area contributed by atoms with Crippen LogP contribution >= 0.6 is 11.6 Å². The quantitative estimate of drug-likeness (QED) is 0.325. The number of halogens is 4. The van der Waals surface area contributed by atoms with Crippen molar-refractivity contribution in [2.24, 2.45) is 0 Å². The van der Waals surface area contributed by atoms with Crippen LogP contribution in [-0.2, 0) is 16.7 Å². The summed E-state index contributed by atoms with van der Waals surface area (Å²) in [6, 6.07) is 12.2. The Morgan fingerprint density at radius 1 is 1.10 bits per heavy atom. The zero-order valence-corrected chi connectivity index (χ0v) is 22.3. The molecule has 0 unspecified atom stereocenters. The van der Waals surface area contributed by atoms with Crippen molar-refractivity contribution >= 4 is 27.6 Å². The Hall–Kier alpha value is -3.09. The smallest absolute Gasteiger partial charge is 0.390 e. The Balaban J connectivity index is 1.70. The van der Waals surface area contributed by atoms with Crippen molar-refractivity contribution in [3.8, 4) is 22.8 Å². The predicted octanol–water partition coefficient (Wildman–Crippen LogP) is 5.41. The largest absolute Gasteiger partial charge is 0.390 e. The van der Waals surface area contributed by atoms with Crippen LogP contribution in [0.3, 0.4) is 0 Å². The molecule has 1 amide bonds. The molecule has 2 N–H and O–H groups in total. The average Bonchev–Trinajstić information content (AvgIpc) is 3.28. The highest BCUT2D eigenvalue weighted by Gasteiger charge is 2.31. The maximum Gasteiger partial charge on any atom is 0.390 e. The fourth-order valence-electron chi connectivity index (χ4n) is 4.46. The molecule has 0 radical (unpaired) electrons. The molecule has 0 spiro atoms. The maximum atomic E-state index is 13.3. The van der Waals surface area contributed by atoms with Gasteiger partial charge in [-0.25, -0.2) is 4.98 Å². The summed E-state index contributed by atoms with van der Waals surface area (Å²) >= 11 is 6.43. The number of aromatic nitrogens is 2. The van der Waals surface area contributed by atoms with Crippen LogP contribution in [0.4, 0.5) is 13.2 Å². The van der Waals surface area contributed by atoms with Crippen LogP contribution in [0.1, 0.15) is 54.7 Å². The lowest BCUT2D eigenvalue weighted by molar-refractivity contribution is -0.130. The second-order valence-electron chi connectivity index (χ2n) is 9.22. The summed E-state index contributed by atoms with van der Waals surface area (Å²) in [6.07, 6.45) is -1.33. The number of rotatable bonds is 9. The van der Waals surface area contributed by atoms with Crippen molar-refractivity contribution in [3.05, 3.63) is 64.9 Å². The van der Waals surface area contributed by atoms with Gasteiger partial charge in [-0.05, 0) is 49.2 Å². The molecule has 4 rings (SSSR count). The van der Waals surface area contributed by atoms with Gasteiger partial charge in [-0.2, -0.15) is 21.6 Å². The van der Waals surface area contributed by atoms with E-state index in [0.29, 0.717) is 16.3 Å². The summed E-state index contributed by atoms with van der Waals surface area (Å²) in [6.45, 7) is -0.547. The summed E-state index contributed by atoms with van der Waals surface area (Å²) in [5, 5.41) is 13.7. The van der Waals surface area contributed by atoms with Gasteiger partial charge in [-0.1, -0.05) is 43.0 Å². The Labute approximate surface area is 228 Å². The molecule has 0 bridgehead atoms. The summed E-state index contributed by atoms with van der Waals surface area (Å²) in [5.74, 6) is -1.58. The van der Waals surface area contributed by atoms with E-state index in [1.54, 1.807) is 24.3 Å². The fraction of sp³-hybridized carbons (Fsp3) is 0.385. The lowest BCUT2D eigenvalue weighted by atomic mass is 9.95. The Bertz CT molecular complexity index is 1420. The molecule has 1 fully saturated rings. The number of carbonyl (C=O) groups is 1. The van der Waals surface area contributed by atoms with Crippen molar-refractivity contribution < 1.29 is 35.7 Å². The minimum absolute atomic E-state index is 0.00225. The van der Waals surface area contributed by atoms with Crippen LogP contribution in [0, 0.1) is 0 Å². The number of imidazole rings is 1. The Kier molecular flexibility index (Phi) is 8.87. The van der Waals surface area contributed by atoms with Gasteiger partial charge in [0.1, 0.15) is 11.6 Å². The van der Waals surface area contributed by atoms with Crippen molar-refractivity contribution in [1.82, 2.24) is 14.9 Å². The first kappa shape index (κ1) is 28.9. The average molecular weight is 586 g/mol. The van der Waals surface area contributed by atoms with Crippen LogP contribution in [0.2, 0.25) is 5.02 Å². The first-order valence-corrected chi connectivity index (χ1v) is 14.3. The normalized spacial score (nSPS) is 14.8. The van der Waals surface area contributed by atoms with Crippen LogP contribution < -0.4 is 9.50 Å². The Morgan fingerprint density at radius 3 is 2.38 bits per heavy atom. The zero-order valence-electron chi connectivity index (χ0n) is 20.7. The van der Waals surface area contributed by atoms with E-state index < -0.39 is 41.0 Å². The third-order valence-electron chi connectivity index (χ3n) is 6.35. The molecule has 0 aliphatic heterocycles. The van der Waals surface area contributed by atoms with Crippen molar-refractivity contribution in [1.29, 1.82) is 0 Å². The summed E-state index contributed by atoms with van der Waals surface area (Å²) in [5.41, 5.74) is 1.08. The fourth-order valence-corrected chi connectivity index (χ4v) is 5.65. The maximum absolute atomic E-state index is 13.3. The number of aliphatic hydroxyl groups is 1. The molecule has 3 aromatic rings. The number of alkyl halides is 3. The highest BCUT2D eigenvalue weighted by atomic mass is 35.5. The van der Waals surface area contributed by atoms with Gasteiger partial charge >= 0.3 is 16.3 Å². The molecule has 210 valence electrons. The number of amides is 1. The standard InChI is InChI=1S/C26H27ClF3N3O5S/c27-21-9-5-4-8-20(21)24-32-23(25(35)31-17-6-2-1-3-7-17)22(16-34)33(24)18-10-12-19(13-11-18)38-39(36,37)15-14-26(28,29)30/h4-5,8-13,17,34H,1-3,6-7,14-16H2,(H,31,35). The summed E-state index contributed by atoms with van der Waals surface area (Å²) in [7, 11) is -4.49. The van der Waals surface area contributed by atoms with Crippen molar-refractivity contribution in [2.45, 2.75) is 57.3 Å². The zero-order chi connectivity index (χ0) is 28.2. The summed E-state index contributed by atoms with van der Waals surface area (Å²) in [4.78, 5) is 17.8. The van der Waals surface area contributed by atoms with Gasteiger partial charge in [-0.15, -0.1) is 0 Å². The monoisotopic (exact) mass is 585 g/mol. The molecule has 1 aliphatic carbocycles. The number of nitrogens with one attached hydrogen (secondary N) is 1. The van der Waals surface area contributed by atoms with Gasteiger partial charge in [0.25, 0.3) is 5.91 Å².